The van der Waals surface area contributed by atoms with Crippen LogP contribution in [-0.2, 0) is 9.47 Å². The molecule has 106 valence electrons. The van der Waals surface area contributed by atoms with E-state index in [2.05, 4.69) is 0 Å². The number of benzene rings is 1. The Labute approximate surface area is 110 Å². The fraction of sp³-hybridized carbons (Fsp3) is 0.462. The Bertz CT molecular complexity index is 438. The van der Waals surface area contributed by atoms with Crippen molar-refractivity contribution >= 4 is 11.7 Å². The van der Waals surface area contributed by atoms with Gasteiger partial charge in [-0.25, -0.2) is 13.6 Å². The Morgan fingerprint density at radius 2 is 2.00 bits per heavy atom. The molecule has 0 aromatic heterocycles. The molecule has 0 saturated heterocycles. The van der Waals surface area contributed by atoms with Crippen molar-refractivity contribution in [1.82, 2.24) is 0 Å². The summed E-state index contributed by atoms with van der Waals surface area (Å²) in [6.07, 6.45) is 1.91. The zero-order valence-electron chi connectivity index (χ0n) is 10.7. The Balaban J connectivity index is 2.48. The SMILES string of the molecule is CCCCOCCOC(=O)c1c(F)ccc(N)c1F. The molecule has 0 spiro atoms. The Hall–Kier alpha value is -1.69. The van der Waals surface area contributed by atoms with Gasteiger partial charge in [0, 0.05) is 6.61 Å². The van der Waals surface area contributed by atoms with Crippen LogP contribution in [0.4, 0.5) is 14.5 Å². The number of hydrogen-bond acceptors (Lipinski definition) is 4. The molecule has 0 aliphatic heterocycles. The van der Waals surface area contributed by atoms with Crippen LogP contribution < -0.4 is 5.73 Å². The molecule has 0 heterocycles. The number of hydrogen-bond donors (Lipinski definition) is 1. The van der Waals surface area contributed by atoms with Crippen molar-refractivity contribution in [3.63, 3.8) is 0 Å². The quantitative estimate of drug-likeness (QED) is 0.471. The molecule has 1 rings (SSSR count). The maximum atomic E-state index is 13.5. The molecule has 0 amide bonds. The normalized spacial score (nSPS) is 10.5. The molecule has 4 nitrogen and oxygen atoms in total. The lowest BCUT2D eigenvalue weighted by Crippen LogP contribution is -2.15. The number of esters is 1. The van der Waals surface area contributed by atoms with Gasteiger partial charge in [-0.2, -0.15) is 0 Å². The van der Waals surface area contributed by atoms with Crippen LogP contribution in [0, 0.1) is 11.6 Å². The van der Waals surface area contributed by atoms with E-state index in [9.17, 15) is 13.6 Å². The molecule has 0 bridgehead atoms. The largest absolute Gasteiger partial charge is 0.459 e. The van der Waals surface area contributed by atoms with Gasteiger partial charge in [0.25, 0.3) is 0 Å². The second-order valence-corrected chi connectivity index (χ2v) is 3.93. The van der Waals surface area contributed by atoms with Crippen LogP contribution in [0.15, 0.2) is 12.1 Å². The van der Waals surface area contributed by atoms with E-state index in [4.69, 9.17) is 15.2 Å². The van der Waals surface area contributed by atoms with Crippen LogP contribution in [0.3, 0.4) is 0 Å². The number of carbonyl (C=O) groups is 1. The van der Waals surface area contributed by atoms with E-state index in [-0.39, 0.29) is 18.9 Å². The van der Waals surface area contributed by atoms with Crippen LogP contribution in [0.1, 0.15) is 30.1 Å². The lowest BCUT2D eigenvalue weighted by atomic mass is 10.2. The molecule has 1 aromatic carbocycles. The van der Waals surface area contributed by atoms with Gasteiger partial charge in [0.2, 0.25) is 0 Å². The zero-order valence-corrected chi connectivity index (χ0v) is 10.7. The fourth-order valence-electron chi connectivity index (χ4n) is 1.37. The van der Waals surface area contributed by atoms with Crippen molar-refractivity contribution in [2.45, 2.75) is 19.8 Å². The van der Waals surface area contributed by atoms with E-state index in [0.29, 0.717) is 6.61 Å². The maximum Gasteiger partial charge on any atom is 0.344 e. The molecule has 6 heteroatoms. The van der Waals surface area contributed by atoms with E-state index in [0.717, 1.165) is 25.0 Å². The number of halogens is 2. The number of carbonyl (C=O) groups excluding carboxylic acids is 1. The molecule has 1 aromatic rings. The summed E-state index contributed by atoms with van der Waals surface area (Å²) in [5, 5.41) is 0. The summed E-state index contributed by atoms with van der Waals surface area (Å²) in [5.41, 5.74) is 4.19. The number of nitrogen functional groups attached to an aromatic ring is 1. The van der Waals surface area contributed by atoms with Crippen molar-refractivity contribution in [3.05, 3.63) is 29.3 Å². The number of ether oxygens (including phenoxy) is 2. The van der Waals surface area contributed by atoms with Gasteiger partial charge < -0.3 is 15.2 Å². The van der Waals surface area contributed by atoms with Gasteiger partial charge >= 0.3 is 5.97 Å². The first-order chi connectivity index (χ1) is 9.07. The smallest absolute Gasteiger partial charge is 0.344 e. The van der Waals surface area contributed by atoms with E-state index >= 15 is 0 Å². The standard InChI is InChI=1S/C13H17F2NO3/c1-2-3-6-18-7-8-19-13(17)11-9(14)4-5-10(16)12(11)15/h4-5H,2-3,6-8,16H2,1H3. The van der Waals surface area contributed by atoms with Crippen molar-refractivity contribution in [2.24, 2.45) is 0 Å². The van der Waals surface area contributed by atoms with Crippen LogP contribution in [0.5, 0.6) is 0 Å². The summed E-state index contributed by atoms with van der Waals surface area (Å²) >= 11 is 0. The molecule has 0 atom stereocenters. The van der Waals surface area contributed by atoms with Gasteiger partial charge in [-0.1, -0.05) is 13.3 Å². The summed E-state index contributed by atoms with van der Waals surface area (Å²) in [7, 11) is 0. The highest BCUT2D eigenvalue weighted by molar-refractivity contribution is 5.91. The molecule has 0 unspecified atom stereocenters. The predicted molar refractivity (Wildman–Crippen MR) is 66.8 cm³/mol. The first-order valence-electron chi connectivity index (χ1n) is 6.06. The Morgan fingerprint density at radius 1 is 1.26 bits per heavy atom. The molecule has 2 N–H and O–H groups in total. The van der Waals surface area contributed by atoms with Crippen molar-refractivity contribution < 1.29 is 23.0 Å². The Kier molecular flexibility index (Phi) is 6.21. The van der Waals surface area contributed by atoms with Crippen LogP contribution in [0.25, 0.3) is 0 Å². The molecule has 0 fully saturated rings. The van der Waals surface area contributed by atoms with Crippen molar-refractivity contribution in [2.75, 3.05) is 25.6 Å². The number of anilines is 1. The molecule has 19 heavy (non-hydrogen) atoms. The highest BCUT2D eigenvalue weighted by Crippen LogP contribution is 2.19. The zero-order chi connectivity index (χ0) is 14.3. The molecular weight excluding hydrogens is 256 g/mol. The molecular formula is C13H17F2NO3. The number of nitrogens with two attached hydrogens (primary N) is 1. The third kappa shape index (κ3) is 4.48. The second-order valence-electron chi connectivity index (χ2n) is 3.93. The van der Waals surface area contributed by atoms with Crippen molar-refractivity contribution in [1.29, 1.82) is 0 Å². The lowest BCUT2D eigenvalue weighted by Gasteiger charge is -2.08. The van der Waals surface area contributed by atoms with Gasteiger partial charge in [-0.3, -0.25) is 0 Å². The number of unbranched alkanes of at least 4 members (excludes halogenated alkanes) is 1. The lowest BCUT2D eigenvalue weighted by molar-refractivity contribution is 0.0305. The van der Waals surface area contributed by atoms with Gasteiger partial charge in [-0.15, -0.1) is 0 Å². The fourth-order valence-corrected chi connectivity index (χ4v) is 1.37. The van der Waals surface area contributed by atoms with E-state index < -0.39 is 23.2 Å². The van der Waals surface area contributed by atoms with E-state index in [1.165, 1.54) is 0 Å². The van der Waals surface area contributed by atoms with Gasteiger partial charge in [-0.05, 0) is 18.6 Å². The third-order valence-electron chi connectivity index (χ3n) is 2.43. The highest BCUT2D eigenvalue weighted by atomic mass is 19.1. The minimum Gasteiger partial charge on any atom is -0.459 e. The molecule has 0 aliphatic carbocycles. The predicted octanol–water partition coefficient (Wildman–Crippen LogP) is 2.52. The summed E-state index contributed by atoms with van der Waals surface area (Å²) in [6.45, 7) is 2.72. The molecule has 0 radical (unpaired) electrons. The van der Waals surface area contributed by atoms with E-state index in [1.807, 2.05) is 6.92 Å². The molecule has 0 saturated carbocycles. The molecule has 0 aliphatic rings. The van der Waals surface area contributed by atoms with Gasteiger partial charge in [0.15, 0.2) is 5.82 Å². The van der Waals surface area contributed by atoms with E-state index in [1.54, 1.807) is 0 Å². The highest BCUT2D eigenvalue weighted by Gasteiger charge is 2.20. The minimum atomic E-state index is -1.10. The van der Waals surface area contributed by atoms with Crippen molar-refractivity contribution in [3.8, 4) is 0 Å². The monoisotopic (exact) mass is 273 g/mol. The summed E-state index contributed by atoms with van der Waals surface area (Å²) in [5.74, 6) is -3.18. The Morgan fingerprint density at radius 3 is 2.68 bits per heavy atom. The van der Waals surface area contributed by atoms with Gasteiger partial charge in [0.1, 0.15) is 18.0 Å². The maximum absolute atomic E-state index is 13.5. The summed E-state index contributed by atoms with van der Waals surface area (Å²) in [4.78, 5) is 11.5. The summed E-state index contributed by atoms with van der Waals surface area (Å²) in [6, 6.07) is 1.97. The van der Waals surface area contributed by atoms with Gasteiger partial charge in [0.05, 0.1) is 12.3 Å². The number of rotatable bonds is 7. The first-order valence-corrected chi connectivity index (χ1v) is 6.06. The van der Waals surface area contributed by atoms with Crippen LogP contribution >= 0.6 is 0 Å². The summed E-state index contributed by atoms with van der Waals surface area (Å²) < 4.78 is 36.7. The first kappa shape index (κ1) is 15.4. The van der Waals surface area contributed by atoms with Crippen LogP contribution in [0.2, 0.25) is 0 Å². The second kappa shape index (κ2) is 7.68. The third-order valence-corrected chi connectivity index (χ3v) is 2.43. The topological polar surface area (TPSA) is 61.5 Å². The average molecular weight is 273 g/mol. The minimum absolute atomic E-state index is 0.0593. The van der Waals surface area contributed by atoms with Crippen LogP contribution in [-0.4, -0.2) is 25.8 Å². The average Bonchev–Trinajstić information content (AvgIpc) is 2.38.